The van der Waals surface area contributed by atoms with Crippen LogP contribution in [-0.2, 0) is 0 Å². The zero-order valence-electron chi connectivity index (χ0n) is 16.0. The van der Waals surface area contributed by atoms with Crippen LogP contribution in [-0.4, -0.2) is 27.4 Å². The van der Waals surface area contributed by atoms with E-state index in [1.807, 2.05) is 6.92 Å². The number of nitrogens with two attached hydrogens (primary N) is 2. The first-order chi connectivity index (χ1) is 13.9. The first-order valence-electron chi connectivity index (χ1n) is 8.84. The van der Waals surface area contributed by atoms with Crippen molar-refractivity contribution in [3.8, 4) is 23.1 Å². The molecule has 8 heteroatoms. The van der Waals surface area contributed by atoms with Gasteiger partial charge in [-0.2, -0.15) is 0 Å². The van der Waals surface area contributed by atoms with Crippen molar-refractivity contribution >= 4 is 29.3 Å². The molecule has 1 aromatic carbocycles. The van der Waals surface area contributed by atoms with Gasteiger partial charge >= 0.3 is 0 Å². The zero-order valence-corrected chi connectivity index (χ0v) is 16.7. The van der Waals surface area contributed by atoms with E-state index in [-0.39, 0.29) is 11.9 Å². The molecular formula is C21H19ClN6O. The van der Waals surface area contributed by atoms with Gasteiger partial charge in [0.2, 0.25) is 5.95 Å². The second-order valence-electron chi connectivity index (χ2n) is 6.17. The van der Waals surface area contributed by atoms with Gasteiger partial charge < -0.3 is 16.8 Å². The first-order valence-corrected chi connectivity index (χ1v) is 9.22. The summed E-state index contributed by atoms with van der Waals surface area (Å²) in [6, 6.07) is 8.54. The number of carbonyl (C=O) groups is 1. The number of carbonyl (C=O) groups excluding carboxylic acids is 1. The molecule has 1 amide bonds. The van der Waals surface area contributed by atoms with Gasteiger partial charge in [-0.15, -0.1) is 0 Å². The molecule has 0 aliphatic rings. The summed E-state index contributed by atoms with van der Waals surface area (Å²) in [5.74, 6) is 6.39. The molecule has 0 spiro atoms. The molecule has 0 saturated heterocycles. The van der Waals surface area contributed by atoms with Crippen LogP contribution in [0, 0.1) is 18.8 Å². The number of anilines is 2. The van der Waals surface area contributed by atoms with Gasteiger partial charge in [0, 0.05) is 23.9 Å². The molecule has 0 aliphatic carbocycles. The van der Waals surface area contributed by atoms with E-state index in [2.05, 4.69) is 32.1 Å². The molecule has 0 fully saturated rings. The highest BCUT2D eigenvalue weighted by Gasteiger charge is 2.16. The molecule has 0 aliphatic heterocycles. The summed E-state index contributed by atoms with van der Waals surface area (Å²) in [4.78, 5) is 24.9. The number of rotatable bonds is 3. The summed E-state index contributed by atoms with van der Waals surface area (Å²) in [5.41, 5.74) is 14.9. The number of aryl methyl sites for hydroxylation is 1. The van der Waals surface area contributed by atoms with E-state index in [1.165, 1.54) is 0 Å². The molecule has 29 heavy (non-hydrogen) atoms. The third kappa shape index (κ3) is 4.62. The lowest BCUT2D eigenvalue weighted by atomic mass is 10.0. The molecule has 5 N–H and O–H groups in total. The number of benzene rings is 1. The Labute approximate surface area is 173 Å². The van der Waals surface area contributed by atoms with Crippen molar-refractivity contribution in [1.29, 1.82) is 0 Å². The predicted octanol–water partition coefficient (Wildman–Crippen LogP) is 2.81. The van der Waals surface area contributed by atoms with E-state index in [4.69, 9.17) is 23.1 Å². The van der Waals surface area contributed by atoms with E-state index < -0.39 is 0 Å². The number of pyridine rings is 1. The SMILES string of the molecule is CCNC(=O)c1cc(-c2nc(N)nc(C)c2C#Cc2ccc(N)nc2)ccc1Cl. The minimum Gasteiger partial charge on any atom is -0.384 e. The Balaban J connectivity index is 2.12. The first kappa shape index (κ1) is 20.1. The summed E-state index contributed by atoms with van der Waals surface area (Å²) in [6.07, 6.45) is 1.59. The van der Waals surface area contributed by atoms with Crippen molar-refractivity contribution in [2.75, 3.05) is 18.0 Å². The third-order valence-electron chi connectivity index (χ3n) is 4.05. The maximum Gasteiger partial charge on any atom is 0.252 e. The van der Waals surface area contributed by atoms with Crippen LogP contribution in [0.1, 0.15) is 34.1 Å². The van der Waals surface area contributed by atoms with Crippen LogP contribution < -0.4 is 16.8 Å². The molecule has 3 aromatic rings. The van der Waals surface area contributed by atoms with E-state index in [1.54, 1.807) is 43.5 Å². The molecule has 0 atom stereocenters. The van der Waals surface area contributed by atoms with Crippen LogP contribution in [0.2, 0.25) is 5.02 Å². The van der Waals surface area contributed by atoms with Gasteiger partial charge in [0.25, 0.3) is 5.91 Å². The van der Waals surface area contributed by atoms with Gasteiger partial charge in [0.15, 0.2) is 0 Å². The van der Waals surface area contributed by atoms with Crippen LogP contribution >= 0.6 is 11.6 Å². The smallest absolute Gasteiger partial charge is 0.252 e. The summed E-state index contributed by atoms with van der Waals surface area (Å²) < 4.78 is 0. The standard InChI is InChI=1S/C21H19ClN6O/c1-3-25-20(29)16-10-14(6-8-17(16)22)19-15(12(2)27-21(24)28-19)7-4-13-5-9-18(23)26-11-13/h5-6,8-11H,3H2,1-2H3,(H2,23,26)(H,25,29)(H2,24,27,28). The van der Waals surface area contributed by atoms with Crippen LogP contribution in [0.25, 0.3) is 11.3 Å². The number of aromatic nitrogens is 3. The van der Waals surface area contributed by atoms with Gasteiger partial charge in [-0.05, 0) is 38.1 Å². The summed E-state index contributed by atoms with van der Waals surface area (Å²) in [7, 11) is 0. The van der Waals surface area contributed by atoms with Crippen LogP contribution in [0.3, 0.4) is 0 Å². The Kier molecular flexibility index (Phi) is 5.96. The molecule has 0 radical (unpaired) electrons. The molecule has 2 heterocycles. The van der Waals surface area contributed by atoms with Gasteiger partial charge in [0.1, 0.15) is 5.82 Å². The molecule has 7 nitrogen and oxygen atoms in total. The Bertz CT molecular complexity index is 1130. The minimum atomic E-state index is -0.265. The monoisotopic (exact) mass is 406 g/mol. The van der Waals surface area contributed by atoms with Gasteiger partial charge in [-0.3, -0.25) is 4.79 Å². The van der Waals surface area contributed by atoms with Crippen LogP contribution in [0.15, 0.2) is 36.5 Å². The second-order valence-corrected chi connectivity index (χ2v) is 6.57. The Hall–Kier alpha value is -3.63. The number of amides is 1. The molecule has 0 unspecified atom stereocenters. The van der Waals surface area contributed by atoms with E-state index in [0.29, 0.717) is 51.0 Å². The number of halogens is 1. The largest absolute Gasteiger partial charge is 0.384 e. The van der Waals surface area contributed by atoms with E-state index >= 15 is 0 Å². The molecule has 0 saturated carbocycles. The number of hydrogen-bond donors (Lipinski definition) is 3. The summed E-state index contributed by atoms with van der Waals surface area (Å²) in [5, 5.41) is 3.09. The Morgan fingerprint density at radius 1 is 1.17 bits per heavy atom. The molecular weight excluding hydrogens is 388 g/mol. The van der Waals surface area contributed by atoms with Gasteiger partial charge in [0.05, 0.1) is 27.5 Å². The average molecular weight is 407 g/mol. The van der Waals surface area contributed by atoms with Gasteiger partial charge in [-0.25, -0.2) is 15.0 Å². The zero-order chi connectivity index (χ0) is 21.0. The quantitative estimate of drug-likeness (QED) is 0.575. The number of nitrogens with zero attached hydrogens (tertiary/aromatic N) is 3. The van der Waals surface area contributed by atoms with Crippen molar-refractivity contribution in [2.45, 2.75) is 13.8 Å². The molecule has 3 rings (SSSR count). The Morgan fingerprint density at radius 2 is 1.97 bits per heavy atom. The van der Waals surface area contributed by atoms with Gasteiger partial charge in [-0.1, -0.05) is 29.5 Å². The fraction of sp³-hybridized carbons (Fsp3) is 0.143. The topological polar surface area (TPSA) is 120 Å². The van der Waals surface area contributed by atoms with Crippen molar-refractivity contribution in [1.82, 2.24) is 20.3 Å². The van der Waals surface area contributed by atoms with Crippen molar-refractivity contribution in [3.05, 3.63) is 63.9 Å². The fourth-order valence-corrected chi connectivity index (χ4v) is 2.87. The van der Waals surface area contributed by atoms with Crippen LogP contribution in [0.5, 0.6) is 0 Å². The average Bonchev–Trinajstić information content (AvgIpc) is 2.68. The Morgan fingerprint density at radius 3 is 2.66 bits per heavy atom. The normalized spacial score (nSPS) is 10.2. The lowest BCUT2D eigenvalue weighted by molar-refractivity contribution is 0.0956. The van der Waals surface area contributed by atoms with Crippen molar-refractivity contribution < 1.29 is 4.79 Å². The second kappa shape index (κ2) is 8.59. The van der Waals surface area contributed by atoms with Crippen LogP contribution in [0.4, 0.5) is 11.8 Å². The molecule has 2 aromatic heterocycles. The van der Waals surface area contributed by atoms with E-state index in [9.17, 15) is 4.79 Å². The highest BCUT2D eigenvalue weighted by Crippen LogP contribution is 2.28. The van der Waals surface area contributed by atoms with Crippen molar-refractivity contribution in [2.24, 2.45) is 0 Å². The highest BCUT2D eigenvalue weighted by atomic mass is 35.5. The third-order valence-corrected chi connectivity index (χ3v) is 4.38. The predicted molar refractivity (Wildman–Crippen MR) is 114 cm³/mol. The number of nitrogen functional groups attached to an aromatic ring is 2. The minimum absolute atomic E-state index is 0.117. The van der Waals surface area contributed by atoms with E-state index in [0.717, 1.165) is 0 Å². The lowest BCUT2D eigenvalue weighted by Gasteiger charge is -2.11. The number of hydrogen-bond acceptors (Lipinski definition) is 6. The maximum atomic E-state index is 12.3. The molecule has 146 valence electrons. The summed E-state index contributed by atoms with van der Waals surface area (Å²) >= 11 is 6.21. The molecule has 0 bridgehead atoms. The summed E-state index contributed by atoms with van der Waals surface area (Å²) in [6.45, 7) is 4.13. The lowest BCUT2D eigenvalue weighted by Crippen LogP contribution is -2.23. The fourth-order valence-electron chi connectivity index (χ4n) is 2.67. The highest BCUT2D eigenvalue weighted by molar-refractivity contribution is 6.34. The van der Waals surface area contributed by atoms with Crippen molar-refractivity contribution in [3.63, 3.8) is 0 Å². The maximum absolute atomic E-state index is 12.3. The number of nitrogens with one attached hydrogen (secondary N) is 1.